The molecule has 3 aromatic carbocycles. The molecule has 0 saturated carbocycles. The third kappa shape index (κ3) is 4.75. The zero-order valence-corrected chi connectivity index (χ0v) is 17.2. The number of hydrogen-bond donors (Lipinski definition) is 2. The summed E-state index contributed by atoms with van der Waals surface area (Å²) in [7, 11) is 0. The molecule has 4 aromatic rings. The highest BCUT2D eigenvalue weighted by molar-refractivity contribution is 6.08. The van der Waals surface area contributed by atoms with Crippen LogP contribution in [0.25, 0.3) is 16.5 Å². The van der Waals surface area contributed by atoms with E-state index in [0.29, 0.717) is 12.2 Å². The Kier molecular flexibility index (Phi) is 6.27. The number of H-pyrrole nitrogens is 1. The van der Waals surface area contributed by atoms with Crippen molar-refractivity contribution in [3.63, 3.8) is 0 Å². The van der Waals surface area contributed by atoms with Gasteiger partial charge in [-0.25, -0.2) is 5.48 Å². The van der Waals surface area contributed by atoms with Gasteiger partial charge in [-0.3, -0.25) is 9.63 Å². The lowest BCUT2D eigenvalue weighted by atomic mass is 9.96. The first-order valence-electron chi connectivity index (χ1n) is 10.1. The average Bonchev–Trinajstić information content (AvgIpc) is 3.25. The molecule has 0 atom stereocenters. The number of aromatic amines is 1. The van der Waals surface area contributed by atoms with Crippen molar-refractivity contribution in [1.82, 2.24) is 10.5 Å². The maximum atomic E-state index is 13.1. The van der Waals surface area contributed by atoms with Crippen LogP contribution < -0.4 is 5.48 Å². The minimum atomic E-state index is -0.386. The lowest BCUT2D eigenvalue weighted by molar-refractivity contribution is -0.128. The van der Waals surface area contributed by atoms with Crippen LogP contribution in [0.1, 0.15) is 23.7 Å². The number of rotatable bonds is 5. The summed E-state index contributed by atoms with van der Waals surface area (Å²) in [6.07, 6.45) is 0. The van der Waals surface area contributed by atoms with Crippen LogP contribution in [0.4, 0.5) is 0 Å². The number of para-hydroxylation sites is 1. The van der Waals surface area contributed by atoms with Crippen molar-refractivity contribution >= 4 is 22.4 Å². The van der Waals surface area contributed by atoms with Gasteiger partial charge in [-0.05, 0) is 36.8 Å². The molecule has 2 N–H and O–H groups in total. The molecule has 0 radical (unpaired) electrons. The Morgan fingerprint density at radius 1 is 0.935 bits per heavy atom. The second kappa shape index (κ2) is 9.62. The van der Waals surface area contributed by atoms with Crippen LogP contribution in [-0.4, -0.2) is 17.5 Å². The molecule has 0 aliphatic carbocycles. The average molecular weight is 406 g/mol. The third-order valence-electron chi connectivity index (χ3n) is 4.75. The van der Waals surface area contributed by atoms with E-state index in [-0.39, 0.29) is 5.91 Å². The van der Waals surface area contributed by atoms with Crippen molar-refractivity contribution in [2.24, 2.45) is 0 Å². The van der Waals surface area contributed by atoms with E-state index >= 15 is 0 Å². The van der Waals surface area contributed by atoms with Crippen LogP contribution in [0.5, 0.6) is 0 Å². The van der Waals surface area contributed by atoms with Gasteiger partial charge in [0.15, 0.2) is 0 Å². The number of fused-ring (bicyclic) bond motifs is 1. The van der Waals surface area contributed by atoms with Crippen LogP contribution >= 0.6 is 0 Å². The molecule has 0 spiro atoms. The molecule has 0 unspecified atom stereocenters. The summed E-state index contributed by atoms with van der Waals surface area (Å²) in [5.41, 5.74) is 7.08. The van der Waals surface area contributed by atoms with Crippen molar-refractivity contribution in [2.75, 3.05) is 6.61 Å². The molecule has 152 valence electrons. The molecular weight excluding hydrogens is 384 g/mol. The van der Waals surface area contributed by atoms with Gasteiger partial charge in [-0.15, -0.1) is 0 Å². The molecule has 0 saturated heterocycles. The van der Waals surface area contributed by atoms with Gasteiger partial charge >= 0.3 is 0 Å². The summed E-state index contributed by atoms with van der Waals surface area (Å²) in [5.74, 6) is 5.84. The first-order valence-corrected chi connectivity index (χ1v) is 10.1. The third-order valence-corrected chi connectivity index (χ3v) is 4.75. The Morgan fingerprint density at radius 3 is 2.32 bits per heavy atom. The molecule has 1 heterocycles. The van der Waals surface area contributed by atoms with Gasteiger partial charge in [0.25, 0.3) is 5.91 Å². The molecule has 4 rings (SSSR count). The molecule has 4 heteroatoms. The van der Waals surface area contributed by atoms with Crippen LogP contribution in [0, 0.1) is 11.8 Å². The fourth-order valence-corrected chi connectivity index (χ4v) is 3.33. The van der Waals surface area contributed by atoms with Gasteiger partial charge in [0, 0.05) is 27.7 Å². The Balaban J connectivity index is 1.95. The Bertz CT molecular complexity index is 1240. The van der Waals surface area contributed by atoms with Crippen molar-refractivity contribution in [1.29, 1.82) is 0 Å². The molecule has 0 fully saturated rings. The van der Waals surface area contributed by atoms with E-state index in [4.69, 9.17) is 4.84 Å². The maximum Gasteiger partial charge on any atom is 0.284 e. The molecule has 1 aromatic heterocycles. The summed E-state index contributed by atoms with van der Waals surface area (Å²) in [4.78, 5) is 21.8. The number of carbonyl (C=O) groups excluding carboxylic acids is 1. The quantitative estimate of drug-likeness (QED) is 0.276. The minimum Gasteiger partial charge on any atom is -0.354 e. The van der Waals surface area contributed by atoms with Crippen molar-refractivity contribution in [3.8, 4) is 11.8 Å². The van der Waals surface area contributed by atoms with E-state index < -0.39 is 0 Å². The number of benzene rings is 3. The van der Waals surface area contributed by atoms with Crippen LogP contribution in [0.3, 0.4) is 0 Å². The van der Waals surface area contributed by atoms with Crippen LogP contribution in [0.15, 0.2) is 96.6 Å². The Labute approximate surface area is 181 Å². The van der Waals surface area contributed by atoms with Gasteiger partial charge in [-0.1, -0.05) is 78.6 Å². The molecular formula is C27H22N2O2. The summed E-state index contributed by atoms with van der Waals surface area (Å²) < 4.78 is 0. The number of nitrogens with one attached hydrogen (secondary N) is 2. The smallest absolute Gasteiger partial charge is 0.284 e. The predicted octanol–water partition coefficient (Wildman–Crippen LogP) is 5.09. The largest absolute Gasteiger partial charge is 0.354 e. The summed E-state index contributed by atoms with van der Waals surface area (Å²) >= 11 is 0. The Hall–Kier alpha value is -4.07. The van der Waals surface area contributed by atoms with Gasteiger partial charge < -0.3 is 4.98 Å². The van der Waals surface area contributed by atoms with Gasteiger partial charge in [0.2, 0.25) is 0 Å². The molecule has 31 heavy (non-hydrogen) atoms. The fourth-order valence-electron chi connectivity index (χ4n) is 3.33. The lowest BCUT2D eigenvalue weighted by Gasteiger charge is -2.11. The van der Waals surface area contributed by atoms with Crippen molar-refractivity contribution in [3.05, 3.63) is 113 Å². The number of hydrogen-bond acceptors (Lipinski definition) is 2. The number of amides is 1. The van der Waals surface area contributed by atoms with Crippen LogP contribution in [-0.2, 0) is 9.63 Å². The predicted molar refractivity (Wildman–Crippen MR) is 124 cm³/mol. The highest BCUT2D eigenvalue weighted by Gasteiger charge is 2.19. The normalized spacial score (nSPS) is 11.4. The van der Waals surface area contributed by atoms with Crippen molar-refractivity contribution in [2.45, 2.75) is 6.92 Å². The standard InChI is InChI=1S/C27H22N2O2/c1-2-31-29-27(30)23(18-17-20-11-5-3-6-12-20)26(21-13-7-4-8-14-21)25-19-22-15-9-10-16-24(22)28-25/h3-16,19,28H,2H2,1H3,(H,29,30)/b26-23-. The van der Waals surface area contributed by atoms with E-state index in [0.717, 1.165) is 33.3 Å². The first-order chi connectivity index (χ1) is 15.3. The molecule has 0 bridgehead atoms. The van der Waals surface area contributed by atoms with E-state index in [1.165, 1.54) is 0 Å². The second-order valence-corrected chi connectivity index (χ2v) is 6.87. The maximum absolute atomic E-state index is 13.1. The zero-order valence-electron chi connectivity index (χ0n) is 17.2. The molecule has 0 aliphatic heterocycles. The van der Waals surface area contributed by atoms with Crippen LogP contribution in [0.2, 0.25) is 0 Å². The van der Waals surface area contributed by atoms with Crippen molar-refractivity contribution < 1.29 is 9.63 Å². The summed E-state index contributed by atoms with van der Waals surface area (Å²) in [6.45, 7) is 2.17. The van der Waals surface area contributed by atoms with Gasteiger partial charge in [0.1, 0.15) is 5.57 Å². The van der Waals surface area contributed by atoms with E-state index in [1.807, 2.05) is 97.9 Å². The SMILES string of the molecule is CCONC(=O)/C(C#Cc1ccccc1)=C(/c1ccccc1)c1cc2ccccc2[nH]1. The van der Waals surface area contributed by atoms with E-state index in [1.54, 1.807) is 0 Å². The molecule has 1 amide bonds. The zero-order chi connectivity index (χ0) is 21.5. The highest BCUT2D eigenvalue weighted by Crippen LogP contribution is 2.29. The highest BCUT2D eigenvalue weighted by atomic mass is 16.6. The number of aromatic nitrogens is 1. The van der Waals surface area contributed by atoms with E-state index in [9.17, 15) is 4.79 Å². The molecule has 4 nitrogen and oxygen atoms in total. The number of hydroxylamine groups is 1. The molecule has 0 aliphatic rings. The first kappa shape index (κ1) is 20.2. The van der Waals surface area contributed by atoms with Gasteiger partial charge in [-0.2, -0.15) is 0 Å². The fraction of sp³-hybridized carbons (Fsp3) is 0.0741. The Morgan fingerprint density at radius 2 is 1.61 bits per heavy atom. The summed E-state index contributed by atoms with van der Waals surface area (Å²) in [6, 6.07) is 29.4. The van der Waals surface area contributed by atoms with Gasteiger partial charge in [0.05, 0.1) is 6.61 Å². The minimum absolute atomic E-state index is 0.329. The lowest BCUT2D eigenvalue weighted by Crippen LogP contribution is -2.25. The second-order valence-electron chi connectivity index (χ2n) is 6.87. The van der Waals surface area contributed by atoms with E-state index in [2.05, 4.69) is 22.3 Å². The summed E-state index contributed by atoms with van der Waals surface area (Å²) in [5, 5.41) is 1.06. The monoisotopic (exact) mass is 406 g/mol. The topological polar surface area (TPSA) is 54.1 Å². The number of carbonyl (C=O) groups is 1.